The molecule has 1 aliphatic heterocycles. The van der Waals surface area contributed by atoms with Gasteiger partial charge < -0.3 is 24.4 Å². The molecule has 1 aliphatic rings. The Morgan fingerprint density at radius 1 is 1.08 bits per heavy atom. The van der Waals surface area contributed by atoms with Crippen molar-refractivity contribution in [1.82, 2.24) is 10.2 Å². The highest BCUT2D eigenvalue weighted by Gasteiger charge is 2.31. The van der Waals surface area contributed by atoms with Crippen molar-refractivity contribution in [1.29, 1.82) is 0 Å². The van der Waals surface area contributed by atoms with Crippen molar-refractivity contribution in [3.63, 3.8) is 0 Å². The minimum absolute atomic E-state index is 0.110. The standard InChI is InChI=1S/C29H38N2O6/c1-29(2,3)37-28(34)31-18-17-23(19-31)30-27(33)22(12-6-5-7-16-26(32)35-4)20-36-25-15-10-13-21-11-8-9-14-24(21)25/h8-15,23H,5-7,16-20H2,1-4H3,(H,30,33)/b22-12+. The Morgan fingerprint density at radius 3 is 2.59 bits per heavy atom. The van der Waals surface area contributed by atoms with Crippen LogP contribution in [0.1, 0.15) is 52.9 Å². The van der Waals surface area contributed by atoms with Gasteiger partial charge in [-0.15, -0.1) is 0 Å². The van der Waals surface area contributed by atoms with Gasteiger partial charge in [0.25, 0.3) is 5.91 Å². The van der Waals surface area contributed by atoms with Crippen LogP contribution < -0.4 is 10.1 Å². The molecule has 2 amide bonds. The third kappa shape index (κ3) is 8.81. The van der Waals surface area contributed by atoms with E-state index in [-0.39, 0.29) is 30.6 Å². The first-order chi connectivity index (χ1) is 17.7. The molecule has 0 radical (unpaired) electrons. The van der Waals surface area contributed by atoms with Crippen LogP contribution in [-0.4, -0.2) is 61.3 Å². The topological polar surface area (TPSA) is 94.2 Å². The first kappa shape index (κ1) is 28.0. The highest BCUT2D eigenvalue weighted by Crippen LogP contribution is 2.26. The molecule has 3 rings (SSSR count). The van der Waals surface area contributed by atoms with Gasteiger partial charge in [-0.1, -0.05) is 42.5 Å². The smallest absolute Gasteiger partial charge is 0.410 e. The molecular weight excluding hydrogens is 472 g/mol. The van der Waals surface area contributed by atoms with Gasteiger partial charge in [0.15, 0.2) is 0 Å². The molecule has 2 aromatic rings. The van der Waals surface area contributed by atoms with E-state index in [0.29, 0.717) is 50.1 Å². The molecule has 1 saturated heterocycles. The summed E-state index contributed by atoms with van der Waals surface area (Å²) >= 11 is 0. The molecule has 1 atom stereocenters. The third-order valence-corrected chi connectivity index (χ3v) is 6.05. The monoisotopic (exact) mass is 510 g/mol. The Labute approximate surface area is 218 Å². The van der Waals surface area contributed by atoms with E-state index < -0.39 is 5.60 Å². The lowest BCUT2D eigenvalue weighted by molar-refractivity contribution is -0.140. The summed E-state index contributed by atoms with van der Waals surface area (Å²) in [5.41, 5.74) is -0.0528. The number of fused-ring (bicyclic) bond motifs is 1. The summed E-state index contributed by atoms with van der Waals surface area (Å²) in [4.78, 5) is 38.6. The van der Waals surface area contributed by atoms with Crippen molar-refractivity contribution < 1.29 is 28.6 Å². The summed E-state index contributed by atoms with van der Waals surface area (Å²) in [6, 6.07) is 13.6. The van der Waals surface area contributed by atoms with Crippen LogP contribution in [0.3, 0.4) is 0 Å². The lowest BCUT2D eigenvalue weighted by Crippen LogP contribution is -2.41. The molecule has 8 nitrogen and oxygen atoms in total. The number of ether oxygens (including phenoxy) is 3. The Hall–Kier alpha value is -3.55. The molecule has 0 saturated carbocycles. The number of hydrogen-bond acceptors (Lipinski definition) is 6. The second-order valence-corrected chi connectivity index (χ2v) is 10.2. The van der Waals surface area contributed by atoms with E-state index in [1.807, 2.05) is 69.3 Å². The lowest BCUT2D eigenvalue weighted by Gasteiger charge is -2.24. The Bertz CT molecular complexity index is 1120. The van der Waals surface area contributed by atoms with Crippen molar-refractivity contribution in [2.75, 3.05) is 26.8 Å². The first-order valence-electron chi connectivity index (χ1n) is 12.8. The molecule has 1 unspecified atom stereocenters. The van der Waals surface area contributed by atoms with Gasteiger partial charge in [-0.3, -0.25) is 9.59 Å². The zero-order chi connectivity index (χ0) is 26.8. The fraction of sp³-hybridized carbons (Fsp3) is 0.483. The highest BCUT2D eigenvalue weighted by molar-refractivity contribution is 5.94. The maximum absolute atomic E-state index is 13.2. The van der Waals surface area contributed by atoms with Crippen molar-refractivity contribution >= 4 is 28.7 Å². The van der Waals surface area contributed by atoms with Crippen LogP contribution in [0.2, 0.25) is 0 Å². The van der Waals surface area contributed by atoms with E-state index in [4.69, 9.17) is 9.47 Å². The number of unbranched alkanes of at least 4 members (excludes halogenated alkanes) is 2. The molecule has 0 spiro atoms. The van der Waals surface area contributed by atoms with Crippen LogP contribution in [0.5, 0.6) is 5.75 Å². The molecule has 1 fully saturated rings. The number of hydrogen-bond donors (Lipinski definition) is 1. The summed E-state index contributed by atoms with van der Waals surface area (Å²) in [6.45, 7) is 6.53. The number of nitrogens with zero attached hydrogens (tertiary/aromatic N) is 1. The van der Waals surface area contributed by atoms with Crippen LogP contribution in [0.15, 0.2) is 54.1 Å². The Kier molecular flexibility index (Phi) is 9.94. The number of carbonyl (C=O) groups is 3. The summed E-state index contributed by atoms with van der Waals surface area (Å²) in [5, 5.41) is 5.10. The number of rotatable bonds is 10. The molecule has 2 aromatic carbocycles. The van der Waals surface area contributed by atoms with Gasteiger partial charge >= 0.3 is 12.1 Å². The van der Waals surface area contributed by atoms with Crippen LogP contribution in [0, 0.1) is 0 Å². The van der Waals surface area contributed by atoms with Crippen molar-refractivity contribution in [2.24, 2.45) is 0 Å². The van der Waals surface area contributed by atoms with Gasteiger partial charge in [0, 0.05) is 30.9 Å². The first-order valence-corrected chi connectivity index (χ1v) is 12.8. The van der Waals surface area contributed by atoms with Crippen LogP contribution in [0.25, 0.3) is 10.8 Å². The minimum Gasteiger partial charge on any atom is -0.488 e. The van der Waals surface area contributed by atoms with Crippen molar-refractivity contribution in [3.05, 3.63) is 54.1 Å². The normalized spacial score (nSPS) is 15.9. The van der Waals surface area contributed by atoms with Gasteiger partial charge in [0.2, 0.25) is 0 Å². The van der Waals surface area contributed by atoms with E-state index in [0.717, 1.165) is 17.2 Å². The maximum Gasteiger partial charge on any atom is 0.410 e. The molecule has 0 bridgehead atoms. The number of benzene rings is 2. The fourth-order valence-electron chi connectivity index (χ4n) is 4.13. The zero-order valence-electron chi connectivity index (χ0n) is 22.2. The SMILES string of the molecule is COC(=O)CCCC/C=C(\COc1cccc2ccccc12)C(=O)NC1CCN(C(=O)OC(C)(C)C)C1. The average Bonchev–Trinajstić information content (AvgIpc) is 3.33. The summed E-state index contributed by atoms with van der Waals surface area (Å²) in [7, 11) is 1.38. The van der Waals surface area contributed by atoms with Crippen LogP contribution in [-0.2, 0) is 19.1 Å². The molecule has 1 heterocycles. The number of esters is 1. The quantitative estimate of drug-likeness (QED) is 0.275. The predicted molar refractivity (Wildman–Crippen MR) is 142 cm³/mol. The predicted octanol–water partition coefficient (Wildman–Crippen LogP) is 5.00. The average molecular weight is 511 g/mol. The van der Waals surface area contributed by atoms with Gasteiger partial charge in [0.1, 0.15) is 18.0 Å². The summed E-state index contributed by atoms with van der Waals surface area (Å²) < 4.78 is 16.3. The lowest BCUT2D eigenvalue weighted by atomic mass is 10.1. The van der Waals surface area contributed by atoms with Gasteiger partial charge in [0.05, 0.1) is 12.7 Å². The van der Waals surface area contributed by atoms with E-state index in [9.17, 15) is 14.4 Å². The fourth-order valence-corrected chi connectivity index (χ4v) is 4.13. The van der Waals surface area contributed by atoms with E-state index >= 15 is 0 Å². The number of methoxy groups -OCH3 is 1. The van der Waals surface area contributed by atoms with Crippen molar-refractivity contribution in [3.8, 4) is 5.75 Å². The number of amides is 2. The minimum atomic E-state index is -0.568. The number of carbonyl (C=O) groups excluding carboxylic acids is 3. The molecule has 8 heteroatoms. The second kappa shape index (κ2) is 13.1. The molecule has 0 aliphatic carbocycles. The summed E-state index contributed by atoms with van der Waals surface area (Å²) in [5.74, 6) is 0.251. The third-order valence-electron chi connectivity index (χ3n) is 6.05. The summed E-state index contributed by atoms with van der Waals surface area (Å²) in [6.07, 6.45) is 4.56. The second-order valence-electron chi connectivity index (χ2n) is 10.2. The van der Waals surface area contributed by atoms with Crippen LogP contribution in [0.4, 0.5) is 4.79 Å². The van der Waals surface area contributed by atoms with E-state index in [1.165, 1.54) is 7.11 Å². The molecule has 0 aromatic heterocycles. The van der Waals surface area contributed by atoms with Crippen LogP contribution >= 0.6 is 0 Å². The number of allylic oxidation sites excluding steroid dienone is 1. The Balaban J connectivity index is 1.63. The largest absolute Gasteiger partial charge is 0.488 e. The van der Waals surface area contributed by atoms with Gasteiger partial charge in [-0.25, -0.2) is 4.79 Å². The molecule has 200 valence electrons. The number of likely N-dealkylation sites (tertiary alicyclic amines) is 1. The molecular formula is C29H38N2O6. The molecule has 37 heavy (non-hydrogen) atoms. The van der Waals surface area contributed by atoms with Gasteiger partial charge in [-0.2, -0.15) is 0 Å². The van der Waals surface area contributed by atoms with E-state index in [1.54, 1.807) is 4.90 Å². The maximum atomic E-state index is 13.2. The highest BCUT2D eigenvalue weighted by atomic mass is 16.6. The number of nitrogens with one attached hydrogen (secondary N) is 1. The Morgan fingerprint density at radius 2 is 1.84 bits per heavy atom. The van der Waals surface area contributed by atoms with Gasteiger partial charge in [-0.05, 0) is 57.9 Å². The van der Waals surface area contributed by atoms with Crippen molar-refractivity contribution in [2.45, 2.75) is 64.5 Å². The zero-order valence-corrected chi connectivity index (χ0v) is 22.2. The molecule has 1 N–H and O–H groups in total. The van der Waals surface area contributed by atoms with E-state index in [2.05, 4.69) is 10.1 Å².